The molecule has 4 rings (SSSR count). The van der Waals surface area contributed by atoms with Gasteiger partial charge in [0.15, 0.2) is 5.16 Å². The van der Waals surface area contributed by atoms with Crippen molar-refractivity contribution in [2.75, 3.05) is 0 Å². The van der Waals surface area contributed by atoms with Crippen molar-refractivity contribution in [3.05, 3.63) is 91.0 Å². The van der Waals surface area contributed by atoms with Gasteiger partial charge in [-0.25, -0.2) is 0 Å². The molecule has 0 unspecified atom stereocenters. The molecule has 1 aliphatic carbocycles. The van der Waals surface area contributed by atoms with Gasteiger partial charge in [-0.05, 0) is 62.1 Å². The van der Waals surface area contributed by atoms with Crippen molar-refractivity contribution in [3.8, 4) is 12.3 Å². The Morgan fingerprint density at radius 2 is 0.963 bits per heavy atom. The molecular weight excluding hydrogens is 343 g/mol. The molecule has 0 aromatic heterocycles. The molecule has 1 aliphatic rings. The summed E-state index contributed by atoms with van der Waals surface area (Å²) in [5.41, 5.74) is 0. The minimum absolute atomic E-state index is 0.116. The van der Waals surface area contributed by atoms with Crippen LogP contribution in [0.5, 0.6) is 0 Å². The van der Waals surface area contributed by atoms with Crippen molar-refractivity contribution in [1.29, 1.82) is 0 Å². The minimum atomic E-state index is -2.00. The first-order valence-electron chi connectivity index (χ1n) is 9.87. The lowest BCUT2D eigenvalue weighted by atomic mass is 9.89. The second kappa shape index (κ2) is 7.72. The maximum atomic E-state index is 6.41. The van der Waals surface area contributed by atoms with Crippen molar-refractivity contribution in [1.82, 2.24) is 0 Å². The van der Waals surface area contributed by atoms with Crippen LogP contribution in [-0.2, 0) is 0 Å². The number of hydrogen-bond acceptors (Lipinski definition) is 0. The van der Waals surface area contributed by atoms with E-state index in [1.54, 1.807) is 0 Å². The largest absolute Gasteiger partial charge is 0.153 e. The summed E-state index contributed by atoms with van der Waals surface area (Å²) >= 11 is 0. The van der Waals surface area contributed by atoms with Crippen LogP contribution >= 0.6 is 7.26 Å². The Morgan fingerprint density at radius 3 is 1.30 bits per heavy atom. The fourth-order valence-corrected chi connectivity index (χ4v) is 10.3. The molecule has 1 fully saturated rings. The molecule has 3 aromatic rings. The predicted molar refractivity (Wildman–Crippen MR) is 120 cm³/mol. The van der Waals surface area contributed by atoms with Gasteiger partial charge < -0.3 is 0 Å². The molecule has 0 atom stereocenters. The summed E-state index contributed by atoms with van der Waals surface area (Å²) in [4.78, 5) is 0. The zero-order valence-electron chi connectivity index (χ0n) is 15.7. The van der Waals surface area contributed by atoms with E-state index in [0.29, 0.717) is 0 Å². The van der Waals surface area contributed by atoms with Crippen LogP contribution in [0.15, 0.2) is 91.0 Å². The van der Waals surface area contributed by atoms with Gasteiger partial charge in [0.25, 0.3) is 0 Å². The molecular formula is C26H26P+. The fraction of sp³-hybridized carbons (Fsp3) is 0.231. The number of benzene rings is 3. The molecule has 134 valence electrons. The molecule has 3 aromatic carbocycles. The summed E-state index contributed by atoms with van der Waals surface area (Å²) in [5.74, 6) is 3.40. The summed E-state index contributed by atoms with van der Waals surface area (Å²) in [5, 5.41) is 4.10. The zero-order chi connectivity index (χ0) is 18.6. The van der Waals surface area contributed by atoms with E-state index in [4.69, 9.17) is 6.42 Å². The smallest absolute Gasteiger partial charge is 0.116 e. The molecule has 0 saturated heterocycles. The summed E-state index contributed by atoms with van der Waals surface area (Å²) in [6, 6.07) is 33.2. The maximum absolute atomic E-state index is 6.41. The van der Waals surface area contributed by atoms with Crippen LogP contribution in [-0.4, -0.2) is 5.16 Å². The summed E-state index contributed by atoms with van der Waals surface area (Å²) in [7, 11) is -2.00. The van der Waals surface area contributed by atoms with Crippen LogP contribution in [0.4, 0.5) is 0 Å². The van der Waals surface area contributed by atoms with E-state index in [2.05, 4.69) is 96.9 Å². The second-order valence-electron chi connectivity index (χ2n) is 7.41. The van der Waals surface area contributed by atoms with E-state index in [1.165, 1.54) is 35.2 Å². The Kier molecular flexibility index (Phi) is 5.15. The van der Waals surface area contributed by atoms with Crippen molar-refractivity contribution in [3.63, 3.8) is 0 Å². The Hall–Kier alpha value is -2.35. The Balaban J connectivity index is 2.12. The first-order chi connectivity index (χ1) is 13.3. The quantitative estimate of drug-likeness (QED) is 0.431. The predicted octanol–water partition coefficient (Wildman–Crippen LogP) is 5.32. The topological polar surface area (TPSA) is 0 Å². The highest BCUT2D eigenvalue weighted by molar-refractivity contribution is 7.97. The van der Waals surface area contributed by atoms with E-state index in [0.717, 1.165) is 12.8 Å². The van der Waals surface area contributed by atoms with Gasteiger partial charge in [0.1, 0.15) is 23.2 Å². The third kappa shape index (κ3) is 2.92. The van der Waals surface area contributed by atoms with Crippen LogP contribution in [0, 0.1) is 12.3 Å². The highest BCUT2D eigenvalue weighted by Gasteiger charge is 2.61. The van der Waals surface area contributed by atoms with E-state index < -0.39 is 7.26 Å². The maximum Gasteiger partial charge on any atom is 0.153 e. The lowest BCUT2D eigenvalue weighted by Crippen LogP contribution is -2.48. The van der Waals surface area contributed by atoms with Gasteiger partial charge in [0, 0.05) is 0 Å². The van der Waals surface area contributed by atoms with Crippen molar-refractivity contribution in [2.24, 2.45) is 0 Å². The van der Waals surface area contributed by atoms with Gasteiger partial charge in [-0.2, -0.15) is 0 Å². The van der Waals surface area contributed by atoms with Gasteiger partial charge in [-0.15, -0.1) is 6.42 Å². The molecule has 0 nitrogen and oxygen atoms in total. The first kappa shape index (κ1) is 18.0. The van der Waals surface area contributed by atoms with E-state index >= 15 is 0 Å². The normalized spacial score (nSPS) is 16.4. The molecule has 0 aliphatic heterocycles. The van der Waals surface area contributed by atoms with E-state index in [9.17, 15) is 0 Å². The first-order valence-corrected chi connectivity index (χ1v) is 11.7. The molecule has 0 N–H and O–H groups in total. The van der Waals surface area contributed by atoms with Crippen molar-refractivity contribution < 1.29 is 0 Å². The Morgan fingerprint density at radius 1 is 0.593 bits per heavy atom. The lowest BCUT2D eigenvalue weighted by Gasteiger charge is -2.43. The van der Waals surface area contributed by atoms with Crippen molar-refractivity contribution >= 4 is 23.2 Å². The Labute approximate surface area is 164 Å². The Bertz CT molecular complexity index is 804. The molecule has 0 heterocycles. The molecule has 1 saturated carbocycles. The van der Waals surface area contributed by atoms with Crippen molar-refractivity contribution in [2.45, 2.75) is 37.3 Å². The van der Waals surface area contributed by atoms with Crippen LogP contribution in [0.1, 0.15) is 32.1 Å². The zero-order valence-corrected chi connectivity index (χ0v) is 16.6. The molecule has 0 bridgehead atoms. The highest BCUT2D eigenvalue weighted by atomic mass is 31.2. The standard InChI is InChI=1S/C26H26P/c1-2-26(21-13-6-14-22-26)27(23-15-7-3-8-16-23,24-17-9-4-10-18-24)25-19-11-5-12-20-25/h1,3-5,7-12,15-20H,6,13-14,21-22H2/q+1. The summed E-state index contributed by atoms with van der Waals surface area (Å²) in [6.45, 7) is 0. The van der Waals surface area contributed by atoms with Gasteiger partial charge in [-0.3, -0.25) is 0 Å². The van der Waals surface area contributed by atoms with Gasteiger partial charge >= 0.3 is 0 Å². The summed E-state index contributed by atoms with van der Waals surface area (Å²) < 4.78 is 0. The molecule has 0 spiro atoms. The number of terminal acetylenes is 1. The molecule has 0 amide bonds. The lowest BCUT2D eigenvalue weighted by molar-refractivity contribution is 0.456. The van der Waals surface area contributed by atoms with E-state index in [-0.39, 0.29) is 5.16 Å². The average Bonchev–Trinajstić information content (AvgIpc) is 2.77. The van der Waals surface area contributed by atoms with E-state index in [1.807, 2.05) is 0 Å². The van der Waals surface area contributed by atoms with Crippen LogP contribution < -0.4 is 15.9 Å². The van der Waals surface area contributed by atoms with Gasteiger partial charge in [0.2, 0.25) is 0 Å². The average molecular weight is 369 g/mol. The van der Waals surface area contributed by atoms with Crippen LogP contribution in [0.2, 0.25) is 0 Å². The third-order valence-electron chi connectivity index (χ3n) is 6.02. The third-order valence-corrected chi connectivity index (χ3v) is 11.1. The number of rotatable bonds is 4. The SMILES string of the molecule is C#CC1([P+](c2ccccc2)(c2ccccc2)c2ccccc2)CCCCC1. The molecule has 27 heavy (non-hydrogen) atoms. The summed E-state index contributed by atoms with van der Waals surface area (Å²) in [6.07, 6.45) is 12.4. The minimum Gasteiger partial charge on any atom is -0.116 e. The van der Waals surface area contributed by atoms with Crippen LogP contribution in [0.3, 0.4) is 0 Å². The van der Waals surface area contributed by atoms with Gasteiger partial charge in [0.05, 0.1) is 0 Å². The molecule has 0 radical (unpaired) electrons. The van der Waals surface area contributed by atoms with Gasteiger partial charge in [-0.1, -0.05) is 66.9 Å². The van der Waals surface area contributed by atoms with Crippen LogP contribution in [0.25, 0.3) is 0 Å². The fourth-order valence-electron chi connectivity index (χ4n) is 4.86. The highest BCUT2D eigenvalue weighted by Crippen LogP contribution is 2.69. The second-order valence-corrected chi connectivity index (χ2v) is 11.2. The molecule has 1 heteroatoms. The monoisotopic (exact) mass is 369 g/mol. The number of hydrogen-bond donors (Lipinski definition) is 0.